The van der Waals surface area contributed by atoms with Crippen molar-refractivity contribution in [3.05, 3.63) is 106 Å². The third kappa shape index (κ3) is 10.7. The second-order valence-corrected chi connectivity index (χ2v) is 20.6. The molecular weight excluding hydrogens is 765 g/mol. The van der Waals surface area contributed by atoms with Crippen LogP contribution in [0.4, 0.5) is 16.2 Å². The van der Waals surface area contributed by atoms with Crippen LogP contribution in [0.3, 0.4) is 0 Å². The molecule has 2 heterocycles. The van der Waals surface area contributed by atoms with Crippen molar-refractivity contribution in [1.82, 2.24) is 0 Å². The van der Waals surface area contributed by atoms with Gasteiger partial charge in [0.1, 0.15) is 17.9 Å². The minimum Gasteiger partial charge on any atom is -0.428 e. The third-order valence-corrected chi connectivity index (χ3v) is 12.5. The van der Waals surface area contributed by atoms with Gasteiger partial charge in [0.25, 0.3) is 20.2 Å². The number of unbranched alkanes of at least 4 members (excludes halogenated alkanes) is 2. The molecule has 2 N–H and O–H groups in total. The maximum absolute atomic E-state index is 13.2. The standard InChI is InChI=1S/C44H58N2O9S2/c1-30-14-20-36-34(28-30)43(6,7)38(45(36)24-10-12-26-56(48,49)50)22-18-32-16-17-33(40(32)54-41(47)55-42(3,4)5)19-23-39-44(8,9)35-29-31(2)15-21-37(35)46(39)25-11-13-27-57(51,52)53/h14-15,18-23,28-29H,10-13,16-17,24-27H2,1-9H3,(H-,48,49,50,51,52,53)/p+1. The van der Waals surface area contributed by atoms with Crippen LogP contribution in [0.5, 0.6) is 0 Å². The lowest BCUT2D eigenvalue weighted by molar-refractivity contribution is -0.438. The number of aryl methyl sites for hydroxylation is 2. The molecule has 0 saturated carbocycles. The summed E-state index contributed by atoms with van der Waals surface area (Å²) >= 11 is 0. The molecule has 0 amide bonds. The molecule has 1 aliphatic carbocycles. The topological polar surface area (TPSA) is 151 Å². The Morgan fingerprint density at radius 3 is 2.07 bits per heavy atom. The fourth-order valence-corrected chi connectivity index (χ4v) is 9.17. The fourth-order valence-electron chi connectivity index (χ4n) is 8.03. The summed E-state index contributed by atoms with van der Waals surface area (Å²) in [5.41, 5.74) is 8.84. The molecule has 0 spiro atoms. The zero-order valence-electron chi connectivity index (χ0n) is 34.8. The highest BCUT2D eigenvalue weighted by Crippen LogP contribution is 2.49. The van der Waals surface area contributed by atoms with Gasteiger partial charge in [0, 0.05) is 47.5 Å². The van der Waals surface area contributed by atoms with Gasteiger partial charge in [0.2, 0.25) is 5.69 Å². The van der Waals surface area contributed by atoms with E-state index in [4.69, 9.17) is 9.47 Å². The quantitative estimate of drug-likeness (QED) is 0.0817. The van der Waals surface area contributed by atoms with Crippen LogP contribution in [-0.4, -0.2) is 72.6 Å². The largest absolute Gasteiger partial charge is 0.514 e. The number of benzene rings is 2. The Bertz CT molecular complexity index is 2290. The molecule has 57 heavy (non-hydrogen) atoms. The zero-order valence-corrected chi connectivity index (χ0v) is 36.4. The van der Waals surface area contributed by atoms with Crippen LogP contribution >= 0.6 is 0 Å². The average molecular weight is 824 g/mol. The second-order valence-electron chi connectivity index (χ2n) is 17.5. The fraction of sp³-hybridized carbons (Fsp3) is 0.500. The van der Waals surface area contributed by atoms with Crippen LogP contribution in [0.25, 0.3) is 0 Å². The van der Waals surface area contributed by atoms with Crippen molar-refractivity contribution >= 4 is 43.5 Å². The maximum atomic E-state index is 13.2. The lowest BCUT2D eigenvalue weighted by Gasteiger charge is -2.27. The molecule has 0 unspecified atom stereocenters. The molecule has 11 nitrogen and oxygen atoms in total. The van der Waals surface area contributed by atoms with Gasteiger partial charge in [0.05, 0.1) is 16.9 Å². The van der Waals surface area contributed by atoms with Crippen molar-refractivity contribution in [3.8, 4) is 0 Å². The normalized spacial score (nSPS) is 19.3. The highest BCUT2D eigenvalue weighted by atomic mass is 32.2. The third-order valence-electron chi connectivity index (χ3n) is 10.9. The first-order valence-corrected chi connectivity index (χ1v) is 22.9. The molecular formula is C44H59N2O9S2+. The van der Waals surface area contributed by atoms with Gasteiger partial charge in [-0.3, -0.25) is 9.11 Å². The predicted molar refractivity (Wildman–Crippen MR) is 226 cm³/mol. The van der Waals surface area contributed by atoms with E-state index in [1.807, 2.05) is 12.2 Å². The summed E-state index contributed by atoms with van der Waals surface area (Å²) in [7, 11) is -8.12. The molecule has 0 aromatic heterocycles. The molecule has 0 bridgehead atoms. The summed E-state index contributed by atoms with van der Waals surface area (Å²) in [5, 5.41) is 0. The van der Waals surface area contributed by atoms with Crippen molar-refractivity contribution in [2.45, 2.75) is 117 Å². The molecule has 0 saturated heterocycles. The molecule has 0 atom stereocenters. The first-order valence-electron chi connectivity index (χ1n) is 19.7. The van der Waals surface area contributed by atoms with E-state index in [9.17, 15) is 30.7 Å². The van der Waals surface area contributed by atoms with Crippen molar-refractivity contribution in [3.63, 3.8) is 0 Å². The smallest absolute Gasteiger partial charge is 0.428 e. The number of allylic oxidation sites excluding steroid dienone is 7. The van der Waals surface area contributed by atoms with Crippen LogP contribution < -0.4 is 4.90 Å². The maximum Gasteiger partial charge on any atom is 0.514 e. The van der Waals surface area contributed by atoms with Gasteiger partial charge < -0.3 is 14.4 Å². The Morgan fingerprint density at radius 2 is 1.44 bits per heavy atom. The number of carbonyl (C=O) groups is 1. The zero-order chi connectivity index (χ0) is 42.1. The van der Waals surface area contributed by atoms with Crippen LogP contribution in [0.2, 0.25) is 0 Å². The summed E-state index contributed by atoms with van der Waals surface area (Å²) in [6.45, 7) is 19.2. The number of hydrogen-bond donors (Lipinski definition) is 2. The number of ether oxygens (including phenoxy) is 2. The molecule has 2 aromatic rings. The highest BCUT2D eigenvalue weighted by Gasteiger charge is 2.44. The number of fused-ring (bicyclic) bond motifs is 2. The van der Waals surface area contributed by atoms with E-state index in [0.29, 0.717) is 57.4 Å². The highest BCUT2D eigenvalue weighted by molar-refractivity contribution is 7.86. The van der Waals surface area contributed by atoms with Gasteiger partial charge in [0.15, 0.2) is 5.71 Å². The van der Waals surface area contributed by atoms with Crippen LogP contribution in [-0.2, 0) is 40.5 Å². The first kappa shape index (κ1) is 44.1. The first-order chi connectivity index (χ1) is 26.4. The summed E-state index contributed by atoms with van der Waals surface area (Å²) in [4.78, 5) is 15.5. The Kier molecular flexibility index (Phi) is 12.9. The molecule has 310 valence electrons. The molecule has 5 rings (SSSR count). The Hall–Kier alpha value is -4.04. The van der Waals surface area contributed by atoms with Crippen LogP contribution in [0.1, 0.15) is 109 Å². The summed E-state index contributed by atoms with van der Waals surface area (Å²) in [6, 6.07) is 12.7. The summed E-state index contributed by atoms with van der Waals surface area (Å²) < 4.78 is 78.3. The van der Waals surface area contributed by atoms with E-state index < -0.39 is 32.0 Å². The molecule has 0 fully saturated rings. The van der Waals surface area contributed by atoms with Gasteiger partial charge in [-0.25, -0.2) is 4.79 Å². The number of anilines is 1. The van der Waals surface area contributed by atoms with Crippen LogP contribution in [0.15, 0.2) is 83.3 Å². The molecule has 0 radical (unpaired) electrons. The van der Waals surface area contributed by atoms with Gasteiger partial charge in [-0.15, -0.1) is 0 Å². The Labute approximate surface area is 339 Å². The van der Waals surface area contributed by atoms with Gasteiger partial charge >= 0.3 is 6.16 Å². The van der Waals surface area contributed by atoms with E-state index in [2.05, 4.69) is 99.6 Å². The van der Waals surface area contributed by atoms with E-state index in [1.54, 1.807) is 20.8 Å². The monoisotopic (exact) mass is 823 g/mol. The van der Waals surface area contributed by atoms with Crippen molar-refractivity contribution in [2.24, 2.45) is 0 Å². The molecule has 2 aliphatic heterocycles. The van der Waals surface area contributed by atoms with Crippen molar-refractivity contribution in [1.29, 1.82) is 0 Å². The lowest BCUT2D eigenvalue weighted by Crippen LogP contribution is -2.28. The van der Waals surface area contributed by atoms with Crippen molar-refractivity contribution < 1.29 is 44.8 Å². The minimum atomic E-state index is -4.06. The Morgan fingerprint density at radius 1 is 0.825 bits per heavy atom. The van der Waals surface area contributed by atoms with Crippen molar-refractivity contribution in [2.75, 3.05) is 29.5 Å². The second kappa shape index (κ2) is 16.7. The van der Waals surface area contributed by atoms with Gasteiger partial charge in [-0.1, -0.05) is 49.2 Å². The van der Waals surface area contributed by atoms with E-state index in [-0.39, 0.29) is 22.3 Å². The molecule has 2 aromatic carbocycles. The van der Waals surface area contributed by atoms with Gasteiger partial charge in [-0.05, 0) is 122 Å². The number of nitrogens with zero attached hydrogens (tertiary/aromatic N) is 2. The van der Waals surface area contributed by atoms with E-state index in [1.165, 1.54) is 0 Å². The molecule has 13 heteroatoms. The van der Waals surface area contributed by atoms with Gasteiger partial charge in [-0.2, -0.15) is 21.4 Å². The number of rotatable bonds is 14. The summed E-state index contributed by atoms with van der Waals surface area (Å²) in [6.07, 6.45) is 10.3. The minimum absolute atomic E-state index is 0.297. The van der Waals surface area contributed by atoms with E-state index >= 15 is 0 Å². The lowest BCUT2D eigenvalue weighted by atomic mass is 9.80. The molecule has 3 aliphatic rings. The average Bonchev–Trinajstić information content (AvgIpc) is 3.61. The summed E-state index contributed by atoms with van der Waals surface area (Å²) in [5.74, 6) is -0.159. The van der Waals surface area contributed by atoms with Crippen LogP contribution in [0, 0.1) is 13.8 Å². The van der Waals surface area contributed by atoms with E-state index in [0.717, 1.165) is 56.2 Å². The SMILES string of the molecule is Cc1ccc2c(c1)C(C)(C)C(/C=C/C1=C(OC(=O)OC(C)(C)C)C(=C/C=C3/N(CCCCS(=O)(=O)O)c4ccc(C)cc4C3(C)C)/CC1)=[N+]2CCCCS(=O)(=O)O. The number of hydrogen-bond acceptors (Lipinski definition) is 8. The number of carbonyl (C=O) groups excluding carboxylic acids is 1. The Balaban J connectivity index is 1.55. The predicted octanol–water partition coefficient (Wildman–Crippen LogP) is 9.18.